The van der Waals surface area contributed by atoms with Gasteiger partial charge in [-0.05, 0) is 70.8 Å². The van der Waals surface area contributed by atoms with E-state index in [4.69, 9.17) is 4.74 Å². The predicted octanol–water partition coefficient (Wildman–Crippen LogP) is 5.44. The van der Waals surface area contributed by atoms with Crippen LogP contribution in [0.2, 0.25) is 0 Å². The number of rotatable bonds is 10. The minimum atomic E-state index is -1.22. The van der Waals surface area contributed by atoms with Gasteiger partial charge in [0.2, 0.25) is 23.6 Å². The first-order valence-corrected chi connectivity index (χ1v) is 20.3. The third-order valence-corrected chi connectivity index (χ3v) is 10.9. The monoisotopic (exact) mass is 814 g/mol. The average molecular weight is 815 g/mol. The Morgan fingerprint density at radius 3 is 1.85 bits per heavy atom. The Hall–Kier alpha value is -6.60. The number of anilines is 1. The van der Waals surface area contributed by atoms with Crippen molar-refractivity contribution in [2.75, 3.05) is 5.32 Å². The molecule has 5 aromatic rings. The molecule has 0 spiro atoms. The van der Waals surface area contributed by atoms with E-state index in [1.165, 1.54) is 11.3 Å². The van der Waals surface area contributed by atoms with Crippen LogP contribution in [0.1, 0.15) is 46.4 Å². The van der Waals surface area contributed by atoms with Gasteiger partial charge in [0.05, 0.1) is 12.0 Å². The van der Waals surface area contributed by atoms with Crippen LogP contribution in [-0.4, -0.2) is 58.6 Å². The fraction of sp³-hybridized carbons (Fsp3) is 0.261. The van der Waals surface area contributed by atoms with E-state index < -0.39 is 59.4 Å². The molecular formula is C46H46N4O8S. The van der Waals surface area contributed by atoms with E-state index in [1.807, 2.05) is 66.0 Å². The molecule has 2 bridgehead atoms. The molecule has 4 atom stereocenters. The van der Waals surface area contributed by atoms with Gasteiger partial charge < -0.3 is 31.1 Å². The first kappa shape index (κ1) is 42.0. The number of ketones is 1. The second-order valence-electron chi connectivity index (χ2n) is 14.5. The number of hydrogen-bond acceptors (Lipinski definition) is 8. The summed E-state index contributed by atoms with van der Waals surface area (Å²) in [7, 11) is 0. The van der Waals surface area contributed by atoms with Crippen LogP contribution in [0.25, 0.3) is 0 Å². The van der Waals surface area contributed by atoms with E-state index in [0.717, 1.165) is 16.0 Å². The number of benzene rings is 4. The summed E-state index contributed by atoms with van der Waals surface area (Å²) in [5.41, 5.74) is 3.50. The fourth-order valence-electron chi connectivity index (χ4n) is 6.74. The van der Waals surface area contributed by atoms with Gasteiger partial charge in [0.25, 0.3) is 0 Å². The number of carboxylic acids is 1. The largest absolute Gasteiger partial charge is 0.489 e. The molecule has 0 saturated carbocycles. The molecule has 0 radical (unpaired) electrons. The first-order chi connectivity index (χ1) is 28.6. The topological polar surface area (TPSA) is 180 Å². The Morgan fingerprint density at radius 1 is 0.610 bits per heavy atom. The van der Waals surface area contributed by atoms with E-state index in [2.05, 4.69) is 21.3 Å². The Morgan fingerprint density at radius 2 is 1.20 bits per heavy atom. The number of Topliss-reactive ketones (excluding diaryl/α,β-unsaturated/α-hetero) is 1. The summed E-state index contributed by atoms with van der Waals surface area (Å²) in [6.45, 7) is 0.356. The average Bonchev–Trinajstić information content (AvgIpc) is 3.76. The number of ether oxygens (including phenoxy) is 1. The summed E-state index contributed by atoms with van der Waals surface area (Å²) >= 11 is 1.40. The Balaban J connectivity index is 1.31. The zero-order valence-electron chi connectivity index (χ0n) is 32.3. The number of amides is 4. The van der Waals surface area contributed by atoms with E-state index in [0.29, 0.717) is 29.2 Å². The van der Waals surface area contributed by atoms with Crippen molar-refractivity contribution in [2.24, 2.45) is 5.92 Å². The molecule has 59 heavy (non-hydrogen) atoms. The molecule has 0 fully saturated rings. The number of fused-ring (bicyclic) bond motifs is 18. The van der Waals surface area contributed by atoms with Gasteiger partial charge in [-0.1, -0.05) is 91.0 Å². The molecule has 1 aromatic heterocycles. The van der Waals surface area contributed by atoms with Crippen molar-refractivity contribution in [1.82, 2.24) is 16.0 Å². The Labute approximate surface area is 346 Å². The molecule has 7 rings (SSSR count). The maximum atomic E-state index is 14.4. The van der Waals surface area contributed by atoms with Gasteiger partial charge in [0, 0.05) is 42.7 Å². The van der Waals surface area contributed by atoms with Gasteiger partial charge in [-0.25, -0.2) is 0 Å². The molecule has 4 aromatic carbocycles. The van der Waals surface area contributed by atoms with E-state index >= 15 is 0 Å². The van der Waals surface area contributed by atoms with Crippen molar-refractivity contribution >= 4 is 52.4 Å². The van der Waals surface area contributed by atoms with E-state index in [-0.39, 0.29) is 44.9 Å². The van der Waals surface area contributed by atoms with Crippen LogP contribution in [0.3, 0.4) is 0 Å². The number of nitrogens with one attached hydrogen (secondary N) is 4. The molecule has 0 aliphatic carbocycles. The minimum absolute atomic E-state index is 0.0101. The summed E-state index contributed by atoms with van der Waals surface area (Å²) < 4.78 is 5.95. The molecule has 2 aliphatic heterocycles. The maximum absolute atomic E-state index is 14.4. The normalized spacial score (nSPS) is 19.7. The van der Waals surface area contributed by atoms with Gasteiger partial charge in [-0.2, -0.15) is 0 Å². The van der Waals surface area contributed by atoms with Gasteiger partial charge in [-0.3, -0.25) is 28.8 Å². The van der Waals surface area contributed by atoms with Crippen molar-refractivity contribution in [3.05, 3.63) is 154 Å². The zero-order chi connectivity index (χ0) is 41.6. The molecule has 0 unspecified atom stereocenters. The fourth-order valence-corrected chi connectivity index (χ4v) is 7.50. The number of carboxylic acid groups (broad SMARTS) is 1. The molecule has 5 N–H and O–H groups in total. The highest BCUT2D eigenvalue weighted by atomic mass is 32.1. The Kier molecular flexibility index (Phi) is 14.7. The smallest absolute Gasteiger partial charge is 0.307 e. The Bertz CT molecular complexity index is 2200. The zero-order valence-corrected chi connectivity index (χ0v) is 33.1. The van der Waals surface area contributed by atoms with Gasteiger partial charge in [0.15, 0.2) is 5.78 Å². The molecule has 12 nitrogen and oxygen atoms in total. The quantitative estimate of drug-likeness (QED) is 0.116. The standard InChI is InChI=1S/C46H46N4O8S/c51-41-27-34(46(56)57)24-31-13-17-35(18-14-31)47-42(52)21-22-43(53)48-40(28-37-12-7-23-59-37)45(55)50-39(44(54)49-38(41)25-30-8-3-1-4-9-30)26-32-15-19-36(20-16-32)58-29-33-10-5-2-6-11-33/h1-20,23,34,38-40H,21-22,24-29H2,(H,47,52)(H,48,53)(H,49,54)(H,50,55)(H,56,57)/t34-,38-,39+,40-/m1/s1. The maximum Gasteiger partial charge on any atom is 0.307 e. The number of carbonyl (C=O) groups is 6. The number of aliphatic carboxylic acids is 1. The highest BCUT2D eigenvalue weighted by molar-refractivity contribution is 7.09. The molecule has 3 heterocycles. The van der Waals surface area contributed by atoms with E-state index in [9.17, 15) is 33.9 Å². The molecule has 4 amide bonds. The number of carbonyl (C=O) groups excluding carboxylic acids is 5. The third-order valence-electron chi connectivity index (χ3n) is 9.97. The van der Waals surface area contributed by atoms with Crippen molar-refractivity contribution < 1.29 is 38.6 Å². The van der Waals surface area contributed by atoms with Gasteiger partial charge >= 0.3 is 5.97 Å². The SMILES string of the molecule is O=C1CCC(=O)N[C@H](Cc2cccs2)C(=O)N[C@@H](Cc2ccc(OCc3ccccc3)cc2)C(=O)N[C@H](Cc2ccccc2)C(=O)C[C@H](C(=O)O)Cc2ccc(cc2)N1. The molecule has 0 saturated heterocycles. The molecule has 2 aliphatic rings. The molecule has 304 valence electrons. The third kappa shape index (κ3) is 13.0. The second-order valence-corrected chi connectivity index (χ2v) is 15.5. The summed E-state index contributed by atoms with van der Waals surface area (Å²) in [6, 6.07) is 32.7. The van der Waals surface area contributed by atoms with Crippen molar-refractivity contribution in [3.63, 3.8) is 0 Å². The summed E-state index contributed by atoms with van der Waals surface area (Å²) in [6.07, 6.45) is -0.499. The van der Waals surface area contributed by atoms with E-state index in [1.54, 1.807) is 60.7 Å². The highest BCUT2D eigenvalue weighted by Crippen LogP contribution is 2.20. The van der Waals surface area contributed by atoms with Crippen molar-refractivity contribution in [2.45, 2.75) is 69.7 Å². The van der Waals surface area contributed by atoms with Gasteiger partial charge in [0.1, 0.15) is 24.4 Å². The van der Waals surface area contributed by atoms with Crippen LogP contribution >= 0.6 is 11.3 Å². The van der Waals surface area contributed by atoms with Crippen LogP contribution in [0.15, 0.2) is 127 Å². The van der Waals surface area contributed by atoms with Crippen molar-refractivity contribution in [3.8, 4) is 5.75 Å². The van der Waals surface area contributed by atoms with Crippen LogP contribution in [0.4, 0.5) is 5.69 Å². The number of hydrogen-bond donors (Lipinski definition) is 5. The molecule has 13 heteroatoms. The lowest BCUT2D eigenvalue weighted by molar-refractivity contribution is -0.144. The van der Waals surface area contributed by atoms with Crippen LogP contribution < -0.4 is 26.0 Å². The van der Waals surface area contributed by atoms with Crippen molar-refractivity contribution in [1.29, 1.82) is 0 Å². The lowest BCUT2D eigenvalue weighted by Crippen LogP contribution is -2.57. The lowest BCUT2D eigenvalue weighted by Gasteiger charge is -2.26. The minimum Gasteiger partial charge on any atom is -0.489 e. The summed E-state index contributed by atoms with van der Waals surface area (Å²) in [5.74, 6) is -4.43. The van der Waals surface area contributed by atoms with Gasteiger partial charge in [-0.15, -0.1) is 11.3 Å². The number of thiophene rings is 1. The summed E-state index contributed by atoms with van der Waals surface area (Å²) in [5, 5.41) is 23.3. The molecular weight excluding hydrogens is 769 g/mol. The summed E-state index contributed by atoms with van der Waals surface area (Å²) in [4.78, 5) is 82.1. The predicted molar refractivity (Wildman–Crippen MR) is 224 cm³/mol. The first-order valence-electron chi connectivity index (χ1n) is 19.4. The van der Waals surface area contributed by atoms with Crippen LogP contribution in [-0.2, 0) is 61.1 Å². The lowest BCUT2D eigenvalue weighted by atomic mass is 9.90. The van der Waals surface area contributed by atoms with Crippen LogP contribution in [0, 0.1) is 5.92 Å². The van der Waals surface area contributed by atoms with Crippen LogP contribution in [0.5, 0.6) is 5.75 Å². The highest BCUT2D eigenvalue weighted by Gasteiger charge is 2.32. The second kappa shape index (κ2) is 20.7.